The van der Waals surface area contributed by atoms with Crippen LogP contribution < -0.4 is 4.74 Å². The number of nitrogens with zero attached hydrogens (tertiary/aromatic N) is 1. The van der Waals surface area contributed by atoms with Gasteiger partial charge in [-0.2, -0.15) is 0 Å². The van der Waals surface area contributed by atoms with Gasteiger partial charge in [0.2, 0.25) is 0 Å². The highest BCUT2D eigenvalue weighted by molar-refractivity contribution is 5.88. The molecule has 20 heavy (non-hydrogen) atoms. The van der Waals surface area contributed by atoms with Gasteiger partial charge in [-0.05, 0) is 37.3 Å². The van der Waals surface area contributed by atoms with E-state index in [0.717, 1.165) is 31.7 Å². The van der Waals surface area contributed by atoms with Crippen molar-refractivity contribution in [2.24, 2.45) is 5.92 Å². The number of carbonyl (C=O) groups is 1. The summed E-state index contributed by atoms with van der Waals surface area (Å²) in [6, 6.07) is 3.76. The molecular weight excluding hydrogens is 262 g/mol. The van der Waals surface area contributed by atoms with E-state index < -0.39 is 10.9 Å². The molecule has 2 unspecified atom stereocenters. The fourth-order valence-electron chi connectivity index (χ4n) is 2.51. The molecule has 1 aromatic carbocycles. The Morgan fingerprint density at radius 3 is 2.70 bits per heavy atom. The summed E-state index contributed by atoms with van der Waals surface area (Å²) in [5, 5.41) is 19.9. The molecule has 0 aromatic heterocycles. The van der Waals surface area contributed by atoms with Crippen molar-refractivity contribution < 1.29 is 19.6 Å². The van der Waals surface area contributed by atoms with E-state index in [1.54, 1.807) is 0 Å². The lowest BCUT2D eigenvalue weighted by molar-refractivity contribution is -0.386. The number of ether oxygens (including phenoxy) is 1. The van der Waals surface area contributed by atoms with Gasteiger partial charge >= 0.3 is 11.7 Å². The molecule has 108 valence electrons. The molecule has 0 saturated heterocycles. The van der Waals surface area contributed by atoms with E-state index in [4.69, 9.17) is 9.84 Å². The zero-order valence-electron chi connectivity index (χ0n) is 11.2. The summed E-state index contributed by atoms with van der Waals surface area (Å²) in [6.07, 6.45) is 4.08. The zero-order valence-corrected chi connectivity index (χ0v) is 11.2. The van der Waals surface area contributed by atoms with Crippen molar-refractivity contribution in [3.63, 3.8) is 0 Å². The van der Waals surface area contributed by atoms with Crippen LogP contribution in [0.25, 0.3) is 0 Å². The molecule has 2 atom stereocenters. The average molecular weight is 279 g/mol. The molecule has 1 aromatic rings. The molecule has 1 N–H and O–H groups in total. The molecule has 6 nitrogen and oxygen atoms in total. The molecular formula is C14H17NO5. The number of rotatable bonds is 4. The van der Waals surface area contributed by atoms with Gasteiger partial charge in [0, 0.05) is 6.07 Å². The maximum Gasteiger partial charge on any atom is 0.335 e. The number of carboxylic acid groups (broad SMARTS) is 1. The van der Waals surface area contributed by atoms with Crippen LogP contribution in [0.4, 0.5) is 5.69 Å². The number of nitro groups is 1. The first-order valence-corrected chi connectivity index (χ1v) is 6.67. The Kier molecular flexibility index (Phi) is 4.22. The molecule has 0 heterocycles. The van der Waals surface area contributed by atoms with E-state index in [-0.39, 0.29) is 23.1 Å². The van der Waals surface area contributed by atoms with Crippen LogP contribution in [-0.2, 0) is 0 Å². The molecule has 6 heteroatoms. The maximum absolute atomic E-state index is 11.1. The molecule has 1 aliphatic carbocycles. The molecule has 0 amide bonds. The summed E-state index contributed by atoms with van der Waals surface area (Å²) in [5.74, 6) is -0.688. The molecule has 0 bridgehead atoms. The smallest absolute Gasteiger partial charge is 0.335 e. The van der Waals surface area contributed by atoms with Crippen LogP contribution in [0, 0.1) is 16.0 Å². The average Bonchev–Trinajstić information content (AvgIpc) is 2.41. The zero-order chi connectivity index (χ0) is 14.7. The number of benzene rings is 1. The summed E-state index contributed by atoms with van der Waals surface area (Å²) in [4.78, 5) is 21.3. The van der Waals surface area contributed by atoms with Crippen molar-refractivity contribution in [2.45, 2.75) is 38.7 Å². The Morgan fingerprint density at radius 1 is 1.40 bits per heavy atom. The third kappa shape index (κ3) is 3.07. The van der Waals surface area contributed by atoms with Crippen molar-refractivity contribution in [2.75, 3.05) is 0 Å². The maximum atomic E-state index is 11.1. The molecule has 1 fully saturated rings. The molecule has 1 aliphatic rings. The lowest BCUT2D eigenvalue weighted by atomic mass is 9.88. The van der Waals surface area contributed by atoms with E-state index in [1.165, 1.54) is 12.1 Å². The van der Waals surface area contributed by atoms with Crippen molar-refractivity contribution in [1.82, 2.24) is 0 Å². The topological polar surface area (TPSA) is 89.7 Å². The van der Waals surface area contributed by atoms with Crippen LogP contribution in [0.15, 0.2) is 18.2 Å². The van der Waals surface area contributed by atoms with Crippen LogP contribution in [0.3, 0.4) is 0 Å². The van der Waals surface area contributed by atoms with Gasteiger partial charge in [0.1, 0.15) is 6.10 Å². The summed E-state index contributed by atoms with van der Waals surface area (Å²) in [7, 11) is 0. The predicted molar refractivity (Wildman–Crippen MR) is 72.1 cm³/mol. The van der Waals surface area contributed by atoms with Gasteiger partial charge < -0.3 is 9.84 Å². The van der Waals surface area contributed by atoms with Crippen molar-refractivity contribution >= 4 is 11.7 Å². The lowest BCUT2D eigenvalue weighted by Crippen LogP contribution is -2.28. The van der Waals surface area contributed by atoms with Gasteiger partial charge in [-0.25, -0.2) is 4.79 Å². The van der Waals surface area contributed by atoms with Crippen LogP contribution in [0.2, 0.25) is 0 Å². The van der Waals surface area contributed by atoms with Crippen LogP contribution in [0.1, 0.15) is 43.0 Å². The number of aromatic carboxylic acids is 1. The van der Waals surface area contributed by atoms with E-state index in [0.29, 0.717) is 5.92 Å². The van der Waals surface area contributed by atoms with Crippen LogP contribution in [0.5, 0.6) is 5.75 Å². The Labute approximate surface area is 116 Å². The Bertz CT molecular complexity index is 528. The van der Waals surface area contributed by atoms with Gasteiger partial charge in [0.25, 0.3) is 0 Å². The highest BCUT2D eigenvalue weighted by atomic mass is 16.6. The normalized spacial score (nSPS) is 22.2. The second-order valence-electron chi connectivity index (χ2n) is 5.16. The largest absolute Gasteiger partial charge is 0.483 e. The molecule has 0 radical (unpaired) electrons. The fraction of sp³-hybridized carbons (Fsp3) is 0.500. The third-order valence-corrected chi connectivity index (χ3v) is 3.71. The standard InChI is InChI=1S/C14H17NO5/c1-9-4-2-3-5-12(9)20-13-7-6-10(14(16)17)8-11(13)15(18)19/h6-9,12H,2-5H2,1H3,(H,16,17). The predicted octanol–water partition coefficient (Wildman–Crippen LogP) is 3.25. The van der Waals surface area contributed by atoms with Gasteiger partial charge in [-0.15, -0.1) is 0 Å². The van der Waals surface area contributed by atoms with Gasteiger partial charge in [0.15, 0.2) is 5.75 Å². The summed E-state index contributed by atoms with van der Waals surface area (Å²) in [6.45, 7) is 2.07. The van der Waals surface area contributed by atoms with Gasteiger partial charge in [-0.3, -0.25) is 10.1 Å². The highest BCUT2D eigenvalue weighted by Crippen LogP contribution is 2.33. The minimum Gasteiger partial charge on any atom is -0.483 e. The Morgan fingerprint density at radius 2 is 2.10 bits per heavy atom. The van der Waals surface area contributed by atoms with Crippen molar-refractivity contribution in [3.8, 4) is 5.75 Å². The first kappa shape index (κ1) is 14.3. The number of nitro benzene ring substituents is 1. The molecule has 2 rings (SSSR count). The van der Waals surface area contributed by atoms with Crippen LogP contribution >= 0.6 is 0 Å². The summed E-state index contributed by atoms with van der Waals surface area (Å²) >= 11 is 0. The van der Waals surface area contributed by atoms with E-state index in [2.05, 4.69) is 6.92 Å². The molecule has 0 spiro atoms. The second kappa shape index (κ2) is 5.90. The van der Waals surface area contributed by atoms with Crippen molar-refractivity contribution in [3.05, 3.63) is 33.9 Å². The van der Waals surface area contributed by atoms with Crippen LogP contribution in [-0.4, -0.2) is 22.1 Å². The minimum atomic E-state index is -1.19. The second-order valence-corrected chi connectivity index (χ2v) is 5.16. The fourth-order valence-corrected chi connectivity index (χ4v) is 2.51. The monoisotopic (exact) mass is 279 g/mol. The van der Waals surface area contributed by atoms with Gasteiger partial charge in [0.05, 0.1) is 10.5 Å². The minimum absolute atomic E-state index is 0.0434. The number of hydrogen-bond acceptors (Lipinski definition) is 4. The van der Waals surface area contributed by atoms with E-state index in [1.807, 2.05) is 0 Å². The first-order valence-electron chi connectivity index (χ1n) is 6.67. The van der Waals surface area contributed by atoms with E-state index >= 15 is 0 Å². The van der Waals surface area contributed by atoms with Crippen molar-refractivity contribution in [1.29, 1.82) is 0 Å². The SMILES string of the molecule is CC1CCCCC1Oc1ccc(C(=O)O)cc1[N+](=O)[O-]. The number of hydrogen-bond donors (Lipinski definition) is 1. The van der Waals surface area contributed by atoms with E-state index in [9.17, 15) is 14.9 Å². The molecule has 1 saturated carbocycles. The summed E-state index contributed by atoms with van der Waals surface area (Å²) < 4.78 is 5.76. The first-order chi connectivity index (χ1) is 9.49. The summed E-state index contributed by atoms with van der Waals surface area (Å²) in [5.41, 5.74) is -0.400. The Hall–Kier alpha value is -2.11. The van der Waals surface area contributed by atoms with Gasteiger partial charge in [-0.1, -0.05) is 13.3 Å². The highest BCUT2D eigenvalue weighted by Gasteiger charge is 2.26. The quantitative estimate of drug-likeness (QED) is 0.675. The molecule has 0 aliphatic heterocycles. The number of carboxylic acids is 1. The Balaban J connectivity index is 2.26. The third-order valence-electron chi connectivity index (χ3n) is 3.71. The lowest BCUT2D eigenvalue weighted by Gasteiger charge is -2.29.